The minimum Gasteiger partial charge on any atom is -0.300 e. The summed E-state index contributed by atoms with van der Waals surface area (Å²) in [4.78, 5) is 16.5. The number of unbranched alkanes of at least 4 members (excludes halogenated alkanes) is 1. The Morgan fingerprint density at radius 3 is 2.91 bits per heavy atom. The smallest absolute Gasteiger partial charge is 0.239 e. The van der Waals surface area contributed by atoms with Crippen LogP contribution in [0, 0.1) is 0 Å². The fourth-order valence-corrected chi connectivity index (χ4v) is 4.61. The van der Waals surface area contributed by atoms with Crippen LogP contribution in [-0.4, -0.2) is 37.0 Å². The molecule has 2 rings (SSSR count). The first kappa shape index (κ1) is 17.6. The lowest BCUT2D eigenvalue weighted by atomic mass is 10.3. The Bertz CT molecular complexity index is 614. The van der Waals surface area contributed by atoms with E-state index in [1.165, 1.54) is 46.4 Å². The molecule has 2 aromatic rings. The monoisotopic (exact) mass is 375 g/mol. The molecule has 2 aromatic heterocycles. The molecule has 0 saturated heterocycles. The first-order valence-corrected chi connectivity index (χ1v) is 10.5. The van der Waals surface area contributed by atoms with Gasteiger partial charge < -0.3 is 0 Å². The number of carbonyl (C=O) groups excluding carboxylic acids is 1. The minimum atomic E-state index is -0.259. The van der Waals surface area contributed by atoms with E-state index in [2.05, 4.69) is 31.8 Å². The molecule has 0 aromatic carbocycles. The van der Waals surface area contributed by atoms with Crippen LogP contribution >= 0.6 is 46.4 Å². The first-order chi connectivity index (χ1) is 10.6. The Balaban J connectivity index is 1.86. The normalized spacial score (nSPS) is 12.3. The molecule has 0 fully saturated rings. The van der Waals surface area contributed by atoms with Gasteiger partial charge in [-0.1, -0.05) is 48.2 Å². The zero-order valence-electron chi connectivity index (χ0n) is 12.5. The van der Waals surface area contributed by atoms with Gasteiger partial charge in [0, 0.05) is 6.42 Å². The quantitative estimate of drug-likeness (QED) is 0.706. The van der Waals surface area contributed by atoms with Crippen LogP contribution in [0.25, 0.3) is 0 Å². The summed E-state index contributed by atoms with van der Waals surface area (Å²) in [6.45, 7) is 3.98. The van der Waals surface area contributed by atoms with Crippen molar-refractivity contribution in [2.45, 2.75) is 47.9 Å². The number of carbonyl (C=O) groups is 1. The van der Waals surface area contributed by atoms with Gasteiger partial charge in [0.1, 0.15) is 5.01 Å². The van der Waals surface area contributed by atoms with Crippen molar-refractivity contribution < 1.29 is 4.79 Å². The second-order valence-electron chi connectivity index (χ2n) is 4.40. The number of hydrogen-bond donors (Lipinski definition) is 1. The summed E-state index contributed by atoms with van der Waals surface area (Å²) >= 11 is 5.65. The third-order valence-electron chi connectivity index (χ3n) is 2.66. The predicted molar refractivity (Wildman–Crippen MR) is 94.2 cm³/mol. The van der Waals surface area contributed by atoms with Crippen LogP contribution < -0.4 is 5.32 Å². The van der Waals surface area contributed by atoms with Crippen molar-refractivity contribution in [1.82, 2.24) is 19.6 Å². The van der Waals surface area contributed by atoms with E-state index in [1.54, 1.807) is 0 Å². The van der Waals surface area contributed by atoms with E-state index in [4.69, 9.17) is 0 Å². The van der Waals surface area contributed by atoms with Gasteiger partial charge in [-0.3, -0.25) is 10.1 Å². The first-order valence-electron chi connectivity index (χ1n) is 6.80. The van der Waals surface area contributed by atoms with Crippen LogP contribution in [0.2, 0.25) is 0 Å². The van der Waals surface area contributed by atoms with Crippen molar-refractivity contribution in [1.29, 1.82) is 0 Å². The van der Waals surface area contributed by atoms with Crippen molar-refractivity contribution >= 4 is 57.4 Å². The van der Waals surface area contributed by atoms with Gasteiger partial charge in [-0.05, 0) is 31.1 Å². The van der Waals surface area contributed by atoms with Gasteiger partial charge >= 0.3 is 0 Å². The van der Waals surface area contributed by atoms with Gasteiger partial charge in [0.05, 0.1) is 5.25 Å². The number of nitrogens with zero attached hydrogens (tertiary/aromatic N) is 4. The highest BCUT2D eigenvalue weighted by molar-refractivity contribution is 8.02. The molecule has 22 heavy (non-hydrogen) atoms. The van der Waals surface area contributed by atoms with Gasteiger partial charge in [0.2, 0.25) is 16.2 Å². The molecular formula is C12H17N5OS4. The lowest BCUT2D eigenvalue weighted by molar-refractivity contribution is -0.115. The molecule has 120 valence electrons. The van der Waals surface area contributed by atoms with Crippen LogP contribution in [0.3, 0.4) is 0 Å². The maximum Gasteiger partial charge on any atom is 0.239 e. The molecule has 1 unspecified atom stereocenters. The summed E-state index contributed by atoms with van der Waals surface area (Å²) in [7, 11) is 0. The molecule has 0 aliphatic heterocycles. The Labute approximate surface area is 146 Å². The Hall–Kier alpha value is -0.710. The number of thioether (sulfide) groups is 2. The molecule has 1 atom stereocenters. The molecule has 0 aliphatic rings. The predicted octanol–water partition coefficient (Wildman–Crippen LogP) is 3.57. The molecule has 0 saturated carbocycles. The Morgan fingerprint density at radius 1 is 1.41 bits per heavy atom. The topological polar surface area (TPSA) is 80.7 Å². The number of anilines is 1. The largest absolute Gasteiger partial charge is 0.300 e. The van der Waals surface area contributed by atoms with E-state index in [1.807, 2.05) is 13.2 Å². The van der Waals surface area contributed by atoms with Crippen molar-refractivity contribution in [2.24, 2.45) is 0 Å². The van der Waals surface area contributed by atoms with Crippen molar-refractivity contribution in [2.75, 3.05) is 11.6 Å². The van der Waals surface area contributed by atoms with Crippen LogP contribution in [0.4, 0.5) is 5.13 Å². The molecule has 10 heteroatoms. The minimum absolute atomic E-state index is 0.0934. The highest BCUT2D eigenvalue weighted by Gasteiger charge is 2.18. The highest BCUT2D eigenvalue weighted by atomic mass is 32.2. The third-order valence-corrected chi connectivity index (χ3v) is 6.11. The fraction of sp³-hybridized carbons (Fsp3) is 0.583. The molecule has 0 spiro atoms. The van der Waals surface area contributed by atoms with Gasteiger partial charge in [0.25, 0.3) is 0 Å². The Morgan fingerprint density at radius 2 is 2.23 bits per heavy atom. The van der Waals surface area contributed by atoms with Gasteiger partial charge in [0.15, 0.2) is 4.34 Å². The average Bonchev–Trinajstić information content (AvgIpc) is 3.14. The van der Waals surface area contributed by atoms with Crippen LogP contribution in [0.5, 0.6) is 0 Å². The van der Waals surface area contributed by atoms with E-state index in [0.29, 0.717) is 5.13 Å². The number of hydrogen-bond acceptors (Lipinski definition) is 9. The van der Waals surface area contributed by atoms with Gasteiger partial charge in [-0.2, -0.15) is 4.37 Å². The summed E-state index contributed by atoms with van der Waals surface area (Å²) in [5.41, 5.74) is 0. The second kappa shape index (κ2) is 8.80. The molecule has 0 aliphatic carbocycles. The molecule has 0 radical (unpaired) electrons. The van der Waals surface area contributed by atoms with E-state index in [9.17, 15) is 4.79 Å². The highest BCUT2D eigenvalue weighted by Crippen LogP contribution is 2.28. The number of aryl methyl sites for hydroxylation is 1. The zero-order valence-corrected chi connectivity index (χ0v) is 15.8. The van der Waals surface area contributed by atoms with Crippen molar-refractivity contribution in [3.8, 4) is 0 Å². The Kier molecular flexibility index (Phi) is 7.06. The number of rotatable bonds is 8. The van der Waals surface area contributed by atoms with Gasteiger partial charge in [-0.25, -0.2) is 4.98 Å². The SMILES string of the molecule is CCCCc1nnc(NC(=O)C(C)Sc2nc(SC)ns2)s1. The summed E-state index contributed by atoms with van der Waals surface area (Å²) in [5.74, 6) is -0.0934. The molecular weight excluding hydrogens is 358 g/mol. The summed E-state index contributed by atoms with van der Waals surface area (Å²) in [6, 6.07) is 0. The maximum atomic E-state index is 12.2. The third kappa shape index (κ3) is 5.18. The maximum absolute atomic E-state index is 12.2. The van der Waals surface area contributed by atoms with E-state index >= 15 is 0 Å². The fourth-order valence-electron chi connectivity index (χ4n) is 1.47. The van der Waals surface area contributed by atoms with Crippen LogP contribution in [0.1, 0.15) is 31.7 Å². The molecule has 6 nitrogen and oxygen atoms in total. The molecule has 2 heterocycles. The number of amides is 1. The van der Waals surface area contributed by atoms with E-state index in [0.717, 1.165) is 33.8 Å². The standard InChI is InChI=1S/C12H17N5OS4/c1-4-5-6-8-15-16-10(21-8)13-9(18)7(2)20-12-14-11(19-3)17-22-12/h7H,4-6H2,1-3H3,(H,13,16,18). The molecule has 1 amide bonds. The molecule has 1 N–H and O–H groups in total. The number of nitrogens with one attached hydrogen (secondary N) is 1. The van der Waals surface area contributed by atoms with Crippen LogP contribution in [0.15, 0.2) is 9.50 Å². The summed E-state index contributed by atoms with van der Waals surface area (Å²) in [5, 5.41) is 12.9. The van der Waals surface area contributed by atoms with Crippen LogP contribution in [-0.2, 0) is 11.2 Å². The average molecular weight is 376 g/mol. The van der Waals surface area contributed by atoms with Crippen molar-refractivity contribution in [3.05, 3.63) is 5.01 Å². The lowest BCUT2D eigenvalue weighted by Gasteiger charge is -2.07. The summed E-state index contributed by atoms with van der Waals surface area (Å²) in [6.07, 6.45) is 5.05. The van der Waals surface area contributed by atoms with E-state index in [-0.39, 0.29) is 11.2 Å². The summed E-state index contributed by atoms with van der Waals surface area (Å²) < 4.78 is 4.98. The lowest BCUT2D eigenvalue weighted by Crippen LogP contribution is -2.22. The number of aromatic nitrogens is 4. The van der Waals surface area contributed by atoms with Gasteiger partial charge in [-0.15, -0.1) is 10.2 Å². The second-order valence-corrected chi connectivity index (χ2v) is 8.58. The van der Waals surface area contributed by atoms with E-state index < -0.39 is 0 Å². The van der Waals surface area contributed by atoms with Crippen molar-refractivity contribution in [3.63, 3.8) is 0 Å². The molecule has 0 bridgehead atoms. The zero-order chi connectivity index (χ0) is 15.9.